The monoisotopic (exact) mass is 444 g/mol. The minimum atomic E-state index is -0.204. The molecule has 32 heavy (non-hydrogen) atoms. The summed E-state index contributed by atoms with van der Waals surface area (Å²) in [5.41, 5.74) is 5.72. The fraction of sp³-hybridized carbons (Fsp3) is 0.200. The van der Waals surface area contributed by atoms with E-state index < -0.39 is 0 Å². The summed E-state index contributed by atoms with van der Waals surface area (Å²) >= 11 is 1.26. The third kappa shape index (κ3) is 5.23. The maximum absolute atomic E-state index is 12.4. The van der Waals surface area contributed by atoms with Crippen molar-refractivity contribution in [2.24, 2.45) is 0 Å². The fourth-order valence-electron chi connectivity index (χ4n) is 3.21. The summed E-state index contributed by atoms with van der Waals surface area (Å²) in [6, 6.07) is 19.7. The van der Waals surface area contributed by atoms with Crippen molar-refractivity contribution < 1.29 is 9.21 Å². The van der Waals surface area contributed by atoms with E-state index >= 15 is 0 Å². The Labute approximate surface area is 191 Å². The summed E-state index contributed by atoms with van der Waals surface area (Å²) in [5.74, 6) is 0.775. The SMILES string of the molecule is Cc1ccc(-c2nnc(SCC(=O)N[C@@H](C)c3ccco3)nc2-c2ccc(C)cc2)cc1. The van der Waals surface area contributed by atoms with E-state index in [9.17, 15) is 4.79 Å². The van der Waals surface area contributed by atoms with Crippen LogP contribution in [0.3, 0.4) is 0 Å². The number of furan rings is 1. The Kier molecular flexibility index (Phi) is 6.66. The molecule has 4 aromatic rings. The van der Waals surface area contributed by atoms with Crippen LogP contribution >= 0.6 is 11.8 Å². The Balaban J connectivity index is 1.55. The van der Waals surface area contributed by atoms with Gasteiger partial charge in [0.15, 0.2) is 0 Å². The number of nitrogens with one attached hydrogen (secondary N) is 1. The van der Waals surface area contributed by atoms with Gasteiger partial charge < -0.3 is 9.73 Å². The van der Waals surface area contributed by atoms with Crippen LogP contribution in [0.2, 0.25) is 0 Å². The molecule has 0 aliphatic rings. The number of benzene rings is 2. The molecule has 0 aliphatic carbocycles. The normalized spacial score (nSPS) is 11.8. The maximum atomic E-state index is 12.4. The Hall–Kier alpha value is -3.45. The number of rotatable bonds is 7. The lowest BCUT2D eigenvalue weighted by Crippen LogP contribution is -2.28. The molecule has 0 saturated carbocycles. The molecule has 0 spiro atoms. The largest absolute Gasteiger partial charge is 0.467 e. The van der Waals surface area contributed by atoms with Crippen LogP contribution < -0.4 is 5.32 Å². The predicted octanol–water partition coefficient (Wildman–Crippen LogP) is 5.38. The van der Waals surface area contributed by atoms with Gasteiger partial charge in [-0.15, -0.1) is 10.2 Å². The van der Waals surface area contributed by atoms with Gasteiger partial charge in [-0.2, -0.15) is 0 Å². The van der Waals surface area contributed by atoms with Crippen molar-refractivity contribution in [2.45, 2.75) is 32.0 Å². The molecular weight excluding hydrogens is 420 g/mol. The van der Waals surface area contributed by atoms with Gasteiger partial charge in [-0.05, 0) is 32.9 Å². The summed E-state index contributed by atoms with van der Waals surface area (Å²) in [6.45, 7) is 5.98. The number of carbonyl (C=O) groups is 1. The summed E-state index contributed by atoms with van der Waals surface area (Å²) in [7, 11) is 0. The van der Waals surface area contributed by atoms with Gasteiger partial charge in [0.2, 0.25) is 11.1 Å². The van der Waals surface area contributed by atoms with Crippen LogP contribution in [0.5, 0.6) is 0 Å². The van der Waals surface area contributed by atoms with Crippen molar-refractivity contribution >= 4 is 17.7 Å². The van der Waals surface area contributed by atoms with E-state index in [1.54, 1.807) is 12.3 Å². The van der Waals surface area contributed by atoms with Crippen LogP contribution in [-0.4, -0.2) is 26.8 Å². The Morgan fingerprint density at radius 3 is 2.16 bits per heavy atom. The van der Waals surface area contributed by atoms with Crippen molar-refractivity contribution in [2.75, 3.05) is 5.75 Å². The first kappa shape index (κ1) is 21.8. The van der Waals surface area contributed by atoms with Crippen molar-refractivity contribution in [3.8, 4) is 22.5 Å². The van der Waals surface area contributed by atoms with E-state index in [0.29, 0.717) is 16.6 Å². The van der Waals surface area contributed by atoms with E-state index in [0.717, 1.165) is 16.8 Å². The molecule has 2 heterocycles. The van der Waals surface area contributed by atoms with E-state index in [1.807, 2.05) is 75.4 Å². The number of thioether (sulfide) groups is 1. The fourth-order valence-corrected chi connectivity index (χ4v) is 3.81. The number of hydrogen-bond donors (Lipinski definition) is 1. The smallest absolute Gasteiger partial charge is 0.231 e. The molecule has 0 fully saturated rings. The Morgan fingerprint density at radius 2 is 1.56 bits per heavy atom. The Morgan fingerprint density at radius 1 is 0.938 bits per heavy atom. The molecule has 1 atom stereocenters. The minimum absolute atomic E-state index is 0.123. The highest BCUT2D eigenvalue weighted by atomic mass is 32.2. The number of aryl methyl sites for hydroxylation is 2. The number of amides is 1. The molecule has 7 heteroatoms. The van der Waals surface area contributed by atoms with Crippen LogP contribution in [0.1, 0.15) is 29.9 Å². The average molecular weight is 445 g/mol. The lowest BCUT2D eigenvalue weighted by atomic mass is 10.0. The van der Waals surface area contributed by atoms with Gasteiger partial charge in [0.05, 0.1) is 18.1 Å². The average Bonchev–Trinajstić information content (AvgIpc) is 3.34. The van der Waals surface area contributed by atoms with Gasteiger partial charge in [-0.25, -0.2) is 4.98 Å². The first-order valence-corrected chi connectivity index (χ1v) is 11.3. The van der Waals surface area contributed by atoms with Crippen LogP contribution in [0, 0.1) is 13.8 Å². The van der Waals surface area contributed by atoms with E-state index in [2.05, 4.69) is 15.5 Å². The lowest BCUT2D eigenvalue weighted by Gasteiger charge is -2.12. The minimum Gasteiger partial charge on any atom is -0.467 e. The number of nitrogens with zero attached hydrogens (tertiary/aromatic N) is 3. The molecule has 4 rings (SSSR count). The molecule has 162 valence electrons. The molecule has 0 saturated heterocycles. The Bertz CT molecular complexity index is 1190. The molecule has 1 N–H and O–H groups in total. The molecule has 0 unspecified atom stereocenters. The second-order valence-corrected chi connectivity index (χ2v) is 8.56. The molecule has 1 amide bonds. The van der Waals surface area contributed by atoms with Crippen molar-refractivity contribution in [3.63, 3.8) is 0 Å². The van der Waals surface area contributed by atoms with Crippen LogP contribution in [-0.2, 0) is 4.79 Å². The molecule has 2 aromatic heterocycles. The van der Waals surface area contributed by atoms with Gasteiger partial charge in [-0.1, -0.05) is 71.4 Å². The van der Waals surface area contributed by atoms with E-state index in [-0.39, 0.29) is 17.7 Å². The summed E-state index contributed by atoms with van der Waals surface area (Å²) < 4.78 is 5.34. The maximum Gasteiger partial charge on any atom is 0.231 e. The first-order chi connectivity index (χ1) is 15.5. The predicted molar refractivity (Wildman–Crippen MR) is 126 cm³/mol. The van der Waals surface area contributed by atoms with Crippen molar-refractivity contribution in [3.05, 3.63) is 83.8 Å². The third-order valence-electron chi connectivity index (χ3n) is 5.00. The van der Waals surface area contributed by atoms with Gasteiger partial charge in [-0.3, -0.25) is 4.79 Å². The second-order valence-electron chi connectivity index (χ2n) is 7.62. The molecule has 0 aliphatic heterocycles. The number of carbonyl (C=O) groups excluding carboxylic acids is 1. The first-order valence-electron chi connectivity index (χ1n) is 10.3. The zero-order valence-corrected chi connectivity index (χ0v) is 19.0. The summed E-state index contributed by atoms with van der Waals surface area (Å²) in [4.78, 5) is 17.1. The van der Waals surface area contributed by atoms with Crippen LogP contribution in [0.25, 0.3) is 22.5 Å². The molecular formula is C25H24N4O2S. The lowest BCUT2D eigenvalue weighted by molar-refractivity contribution is -0.119. The highest BCUT2D eigenvalue weighted by Crippen LogP contribution is 2.30. The van der Waals surface area contributed by atoms with Gasteiger partial charge >= 0.3 is 0 Å². The van der Waals surface area contributed by atoms with Gasteiger partial charge in [0, 0.05) is 11.1 Å². The van der Waals surface area contributed by atoms with Crippen molar-refractivity contribution in [1.82, 2.24) is 20.5 Å². The quantitative estimate of drug-likeness (QED) is 0.385. The highest BCUT2D eigenvalue weighted by Gasteiger charge is 2.16. The topological polar surface area (TPSA) is 80.9 Å². The van der Waals surface area contributed by atoms with E-state index in [4.69, 9.17) is 9.40 Å². The van der Waals surface area contributed by atoms with Crippen LogP contribution in [0.4, 0.5) is 0 Å². The summed E-state index contributed by atoms with van der Waals surface area (Å²) in [5, 5.41) is 12.1. The van der Waals surface area contributed by atoms with Gasteiger partial charge in [0.25, 0.3) is 0 Å². The van der Waals surface area contributed by atoms with E-state index in [1.165, 1.54) is 22.9 Å². The molecule has 0 bridgehead atoms. The standard InChI is InChI=1S/C25H24N4O2S/c1-16-6-10-19(11-7-16)23-24(20-12-8-17(2)9-13-20)28-29-25(27-23)32-15-22(30)26-18(3)21-5-4-14-31-21/h4-14,18H,15H2,1-3H3,(H,26,30)/t18-/m0/s1. The number of aromatic nitrogens is 3. The van der Waals surface area contributed by atoms with Crippen LogP contribution in [0.15, 0.2) is 76.5 Å². The highest BCUT2D eigenvalue weighted by molar-refractivity contribution is 7.99. The molecule has 0 radical (unpaired) electrons. The second kappa shape index (κ2) is 9.78. The molecule has 2 aromatic carbocycles. The summed E-state index contributed by atoms with van der Waals surface area (Å²) in [6.07, 6.45) is 1.59. The third-order valence-corrected chi connectivity index (χ3v) is 5.83. The number of hydrogen-bond acceptors (Lipinski definition) is 6. The van der Waals surface area contributed by atoms with Gasteiger partial charge in [0.1, 0.15) is 17.1 Å². The zero-order valence-electron chi connectivity index (χ0n) is 18.2. The zero-order chi connectivity index (χ0) is 22.5. The van der Waals surface area contributed by atoms with Crippen molar-refractivity contribution in [1.29, 1.82) is 0 Å². The molecule has 6 nitrogen and oxygen atoms in total.